The van der Waals surface area contributed by atoms with Crippen molar-refractivity contribution in [3.8, 4) is 0 Å². The number of nitro benzene ring substituents is 1. The van der Waals surface area contributed by atoms with Crippen LogP contribution in [0.5, 0.6) is 0 Å². The van der Waals surface area contributed by atoms with Gasteiger partial charge in [-0.3, -0.25) is 19.6 Å². The zero-order valence-electron chi connectivity index (χ0n) is 12.6. The SMILES string of the molecule is O=C1CCc2cc(NS(=O)(=O)c3ccc([N+](=O)[O-])cc3)ccc2C1. The second kappa shape index (κ2) is 6.04. The van der Waals surface area contributed by atoms with Crippen LogP contribution >= 0.6 is 0 Å². The van der Waals surface area contributed by atoms with Crippen LogP contribution in [0.2, 0.25) is 0 Å². The van der Waals surface area contributed by atoms with E-state index in [-0.39, 0.29) is 16.4 Å². The molecule has 0 spiro atoms. The maximum Gasteiger partial charge on any atom is 0.269 e. The zero-order valence-corrected chi connectivity index (χ0v) is 13.4. The molecule has 0 fully saturated rings. The Hall–Kier alpha value is -2.74. The molecular weight excluding hydrogens is 332 g/mol. The number of nitrogens with one attached hydrogen (secondary N) is 1. The van der Waals surface area contributed by atoms with Crippen LogP contribution in [-0.4, -0.2) is 19.1 Å². The number of non-ortho nitro benzene ring substituents is 1. The lowest BCUT2D eigenvalue weighted by atomic mass is 9.91. The van der Waals surface area contributed by atoms with E-state index in [9.17, 15) is 23.3 Å². The summed E-state index contributed by atoms with van der Waals surface area (Å²) in [5, 5.41) is 10.6. The van der Waals surface area contributed by atoms with Crippen LogP contribution in [0.15, 0.2) is 47.4 Å². The molecule has 0 bridgehead atoms. The first kappa shape index (κ1) is 16.1. The monoisotopic (exact) mass is 346 g/mol. The predicted molar refractivity (Wildman–Crippen MR) is 87.4 cm³/mol. The van der Waals surface area contributed by atoms with Crippen molar-refractivity contribution in [2.75, 3.05) is 4.72 Å². The number of carbonyl (C=O) groups is 1. The number of hydrogen-bond acceptors (Lipinski definition) is 5. The van der Waals surface area contributed by atoms with Gasteiger partial charge in [-0.2, -0.15) is 0 Å². The van der Waals surface area contributed by atoms with E-state index in [4.69, 9.17) is 0 Å². The highest BCUT2D eigenvalue weighted by Gasteiger charge is 2.19. The van der Waals surface area contributed by atoms with E-state index in [1.54, 1.807) is 18.2 Å². The van der Waals surface area contributed by atoms with Gasteiger partial charge in [0, 0.05) is 30.7 Å². The van der Waals surface area contributed by atoms with Crippen LogP contribution < -0.4 is 4.72 Å². The molecule has 3 rings (SSSR count). The lowest BCUT2D eigenvalue weighted by molar-refractivity contribution is -0.384. The number of nitro groups is 1. The highest BCUT2D eigenvalue weighted by atomic mass is 32.2. The smallest absolute Gasteiger partial charge is 0.269 e. The molecule has 0 aromatic heterocycles. The van der Waals surface area contributed by atoms with Crippen molar-refractivity contribution < 1.29 is 18.1 Å². The molecule has 124 valence electrons. The first-order chi connectivity index (χ1) is 11.3. The molecular formula is C16H14N2O5S. The summed E-state index contributed by atoms with van der Waals surface area (Å²) in [5.74, 6) is 0.182. The molecule has 7 nitrogen and oxygen atoms in total. The van der Waals surface area contributed by atoms with Gasteiger partial charge in [-0.25, -0.2) is 8.42 Å². The second-order valence-corrected chi connectivity index (χ2v) is 7.24. The van der Waals surface area contributed by atoms with E-state index in [1.165, 1.54) is 12.1 Å². The van der Waals surface area contributed by atoms with E-state index in [1.807, 2.05) is 0 Å². The van der Waals surface area contributed by atoms with Crippen molar-refractivity contribution >= 4 is 27.2 Å². The minimum absolute atomic E-state index is 0.0546. The Morgan fingerprint density at radius 1 is 1.00 bits per heavy atom. The van der Waals surface area contributed by atoms with Crippen LogP contribution in [0.4, 0.5) is 11.4 Å². The number of sulfonamides is 1. The van der Waals surface area contributed by atoms with Crippen molar-refractivity contribution in [1.29, 1.82) is 0 Å². The van der Waals surface area contributed by atoms with Crippen LogP contribution in [0, 0.1) is 10.1 Å². The average Bonchev–Trinajstić information content (AvgIpc) is 2.55. The van der Waals surface area contributed by atoms with Gasteiger partial charge in [0.2, 0.25) is 0 Å². The number of carbonyl (C=O) groups excluding carboxylic acids is 1. The average molecular weight is 346 g/mol. The minimum Gasteiger partial charge on any atom is -0.299 e. The molecule has 2 aromatic rings. The van der Waals surface area contributed by atoms with Crippen molar-refractivity contribution in [3.05, 3.63) is 63.7 Å². The zero-order chi connectivity index (χ0) is 17.3. The number of anilines is 1. The molecule has 24 heavy (non-hydrogen) atoms. The molecule has 0 radical (unpaired) electrons. The standard InChI is InChI=1S/C16H14N2O5S/c19-15-6-2-11-9-13(3-1-12(11)10-15)17-24(22,23)16-7-4-14(5-8-16)18(20)21/h1,3-5,7-9,17H,2,6,10H2. The summed E-state index contributed by atoms with van der Waals surface area (Å²) in [6.07, 6.45) is 1.44. The Morgan fingerprint density at radius 3 is 2.38 bits per heavy atom. The van der Waals surface area contributed by atoms with E-state index >= 15 is 0 Å². The fraction of sp³-hybridized carbons (Fsp3) is 0.188. The second-order valence-electron chi connectivity index (χ2n) is 5.56. The molecule has 0 saturated heterocycles. The molecule has 0 amide bonds. The lowest BCUT2D eigenvalue weighted by Crippen LogP contribution is -2.16. The minimum atomic E-state index is -3.83. The van der Waals surface area contributed by atoms with Crippen LogP contribution in [0.3, 0.4) is 0 Å². The topological polar surface area (TPSA) is 106 Å². The summed E-state index contributed by atoms with van der Waals surface area (Å²) < 4.78 is 27.2. The summed E-state index contributed by atoms with van der Waals surface area (Å²) in [7, 11) is -3.83. The first-order valence-corrected chi connectivity index (χ1v) is 8.74. The molecule has 2 aromatic carbocycles. The molecule has 0 saturated carbocycles. The van der Waals surface area contributed by atoms with Gasteiger partial charge in [0.05, 0.1) is 9.82 Å². The van der Waals surface area contributed by atoms with Crippen molar-refractivity contribution in [1.82, 2.24) is 0 Å². The molecule has 0 atom stereocenters. The summed E-state index contributed by atoms with van der Waals surface area (Å²) in [5.41, 5.74) is 2.11. The number of benzene rings is 2. The number of nitrogens with zero attached hydrogens (tertiary/aromatic N) is 1. The number of aryl methyl sites for hydroxylation is 1. The van der Waals surface area contributed by atoms with E-state index in [0.717, 1.165) is 23.3 Å². The van der Waals surface area contributed by atoms with Gasteiger partial charge in [0.1, 0.15) is 5.78 Å². The van der Waals surface area contributed by atoms with Crippen molar-refractivity contribution in [2.45, 2.75) is 24.2 Å². The third-order valence-corrected chi connectivity index (χ3v) is 5.27. The Labute approximate surface area is 138 Å². The summed E-state index contributed by atoms with van der Waals surface area (Å²) in [6, 6.07) is 9.76. The van der Waals surface area contributed by atoms with Crippen molar-refractivity contribution in [3.63, 3.8) is 0 Å². The number of hydrogen-bond donors (Lipinski definition) is 1. The van der Waals surface area contributed by atoms with E-state index < -0.39 is 14.9 Å². The number of ketones is 1. The van der Waals surface area contributed by atoms with Gasteiger partial charge in [0.15, 0.2) is 0 Å². The molecule has 0 aliphatic heterocycles. The van der Waals surface area contributed by atoms with Crippen LogP contribution in [-0.2, 0) is 27.7 Å². The first-order valence-electron chi connectivity index (χ1n) is 7.26. The predicted octanol–water partition coefficient (Wildman–Crippen LogP) is 2.45. The van der Waals surface area contributed by atoms with Gasteiger partial charge in [-0.15, -0.1) is 0 Å². The maximum atomic E-state index is 12.4. The number of Topliss-reactive ketones (excluding diaryl/α,β-unsaturated/α-hetero) is 1. The molecule has 0 unspecified atom stereocenters. The van der Waals surface area contributed by atoms with Gasteiger partial charge in [0.25, 0.3) is 15.7 Å². The molecule has 8 heteroatoms. The molecule has 1 N–H and O–H groups in total. The third kappa shape index (κ3) is 3.28. The third-order valence-electron chi connectivity index (χ3n) is 3.88. The summed E-state index contributed by atoms with van der Waals surface area (Å²) in [4.78, 5) is 21.4. The quantitative estimate of drug-likeness (QED) is 0.676. The van der Waals surface area contributed by atoms with Gasteiger partial charge >= 0.3 is 0 Å². The van der Waals surface area contributed by atoms with Gasteiger partial charge in [-0.1, -0.05) is 6.07 Å². The largest absolute Gasteiger partial charge is 0.299 e. The van der Waals surface area contributed by atoms with Crippen LogP contribution in [0.25, 0.3) is 0 Å². The Morgan fingerprint density at radius 2 is 1.71 bits per heavy atom. The van der Waals surface area contributed by atoms with Crippen molar-refractivity contribution in [2.24, 2.45) is 0 Å². The fourth-order valence-electron chi connectivity index (χ4n) is 2.63. The molecule has 0 heterocycles. The normalized spacial score (nSPS) is 14.1. The van der Waals surface area contributed by atoms with Gasteiger partial charge in [-0.05, 0) is 41.8 Å². The highest BCUT2D eigenvalue weighted by molar-refractivity contribution is 7.92. The van der Waals surface area contributed by atoms with E-state index in [2.05, 4.69) is 4.72 Å². The lowest BCUT2D eigenvalue weighted by Gasteiger charge is -2.16. The van der Waals surface area contributed by atoms with Gasteiger partial charge < -0.3 is 0 Å². The summed E-state index contributed by atoms with van der Waals surface area (Å²) >= 11 is 0. The van der Waals surface area contributed by atoms with E-state index in [0.29, 0.717) is 24.9 Å². The number of fused-ring (bicyclic) bond motifs is 1. The molecule has 1 aliphatic carbocycles. The Bertz CT molecular complexity index is 920. The maximum absolute atomic E-state index is 12.4. The fourth-order valence-corrected chi connectivity index (χ4v) is 3.68. The van der Waals surface area contributed by atoms with Crippen LogP contribution in [0.1, 0.15) is 17.5 Å². The Balaban J connectivity index is 1.84. The number of rotatable bonds is 4. The molecule has 1 aliphatic rings. The Kier molecular flexibility index (Phi) is 4.06. The summed E-state index contributed by atoms with van der Waals surface area (Å²) in [6.45, 7) is 0. The highest BCUT2D eigenvalue weighted by Crippen LogP contribution is 2.25.